The van der Waals surface area contributed by atoms with Gasteiger partial charge in [-0.2, -0.15) is 0 Å². The molecule has 0 bridgehead atoms. The number of H-pyrrole nitrogens is 1. The lowest BCUT2D eigenvalue weighted by atomic mass is 9.62. The van der Waals surface area contributed by atoms with Crippen LogP contribution in [0.15, 0.2) is 29.1 Å². The summed E-state index contributed by atoms with van der Waals surface area (Å²) >= 11 is 0. The van der Waals surface area contributed by atoms with Crippen LogP contribution in [0.1, 0.15) is 62.9 Å². The number of quaternary nitrogens is 1. The molecule has 0 saturated heterocycles. The highest BCUT2D eigenvalue weighted by atomic mass is 16.1. The Morgan fingerprint density at radius 3 is 2.58 bits per heavy atom. The topological polar surface area (TPSA) is 50.2 Å². The van der Waals surface area contributed by atoms with E-state index in [1.807, 2.05) is 0 Å². The molecule has 0 radical (unpaired) electrons. The van der Waals surface area contributed by atoms with Crippen LogP contribution in [0.25, 0.3) is 11.3 Å². The van der Waals surface area contributed by atoms with Gasteiger partial charge in [-0.25, -0.2) is 4.98 Å². The van der Waals surface area contributed by atoms with Crippen molar-refractivity contribution in [1.82, 2.24) is 9.97 Å². The molecule has 138 valence electrons. The van der Waals surface area contributed by atoms with E-state index in [1.54, 1.807) is 0 Å². The molecule has 2 aliphatic carbocycles. The Balaban J connectivity index is 1.87. The fraction of sp³-hybridized carbons (Fsp3) is 0.545. The lowest BCUT2D eigenvalue weighted by Gasteiger charge is -2.41. The van der Waals surface area contributed by atoms with Crippen LogP contribution in [0.3, 0.4) is 0 Å². The normalized spacial score (nSPS) is 18.0. The molecule has 1 heterocycles. The Bertz CT molecular complexity index is 845. The molecule has 2 aromatic rings. The molecule has 0 atom stereocenters. The number of nitrogens with zero attached hydrogens (tertiary/aromatic N) is 1. The highest BCUT2D eigenvalue weighted by Gasteiger charge is 2.42. The van der Waals surface area contributed by atoms with Gasteiger partial charge in [0.15, 0.2) is 5.82 Å². The maximum Gasteiger partial charge on any atom is 0.255 e. The fourth-order valence-electron chi connectivity index (χ4n) is 5.04. The highest BCUT2D eigenvalue weighted by molar-refractivity contribution is 5.71. The van der Waals surface area contributed by atoms with E-state index in [2.05, 4.69) is 43.1 Å². The standard InChI is InChI=1S/C22H29N3O/c1-3-25(4-2)15-18-23-20-17-11-7-6-10-16(17)14-22(12-8-5-9-13-22)19(20)21(26)24-18/h6-7,10-11H,3-5,8-9,12-15H2,1-2H3,(H,23,24,26)/p+1. The smallest absolute Gasteiger partial charge is 0.255 e. The summed E-state index contributed by atoms with van der Waals surface area (Å²) < 4.78 is 0. The minimum Gasteiger partial charge on any atom is -0.329 e. The number of benzene rings is 1. The van der Waals surface area contributed by atoms with E-state index in [0.29, 0.717) is 0 Å². The number of fused-ring (bicyclic) bond motifs is 4. The van der Waals surface area contributed by atoms with Crippen molar-refractivity contribution in [3.05, 3.63) is 51.6 Å². The van der Waals surface area contributed by atoms with Gasteiger partial charge in [0.05, 0.1) is 24.3 Å². The molecule has 2 N–H and O–H groups in total. The second-order valence-electron chi connectivity index (χ2n) is 8.05. The SMILES string of the molecule is CC[NH+](CC)Cc1nc2c(c(=O)[nH]1)C1(CCCCC1)Cc1ccccc1-2. The molecule has 1 spiro atoms. The third kappa shape index (κ3) is 2.90. The van der Waals surface area contributed by atoms with Crippen LogP contribution in [0, 0.1) is 0 Å². The minimum absolute atomic E-state index is 0.0108. The van der Waals surface area contributed by atoms with E-state index in [1.165, 1.54) is 35.3 Å². The molecule has 4 rings (SSSR count). The van der Waals surface area contributed by atoms with E-state index < -0.39 is 0 Å². The van der Waals surface area contributed by atoms with Crippen molar-refractivity contribution >= 4 is 0 Å². The van der Waals surface area contributed by atoms with Gasteiger partial charge in [-0.3, -0.25) is 4.79 Å². The van der Waals surface area contributed by atoms with Crippen LogP contribution in [0.2, 0.25) is 0 Å². The lowest BCUT2D eigenvalue weighted by Crippen LogP contribution is -3.10. The van der Waals surface area contributed by atoms with Gasteiger partial charge in [-0.05, 0) is 38.7 Å². The van der Waals surface area contributed by atoms with E-state index in [4.69, 9.17) is 4.98 Å². The number of aromatic amines is 1. The summed E-state index contributed by atoms with van der Waals surface area (Å²) in [5.41, 5.74) is 4.55. The average Bonchev–Trinajstić information content (AvgIpc) is 2.66. The Morgan fingerprint density at radius 1 is 1.12 bits per heavy atom. The maximum absolute atomic E-state index is 13.2. The molecule has 2 aliphatic rings. The van der Waals surface area contributed by atoms with E-state index in [-0.39, 0.29) is 11.0 Å². The molecule has 0 unspecified atom stereocenters. The Morgan fingerprint density at radius 2 is 1.85 bits per heavy atom. The summed E-state index contributed by atoms with van der Waals surface area (Å²) in [5.74, 6) is 0.829. The molecule has 0 aliphatic heterocycles. The summed E-state index contributed by atoms with van der Waals surface area (Å²) in [4.78, 5) is 22.8. The summed E-state index contributed by atoms with van der Waals surface area (Å²) in [6.45, 7) is 7.23. The van der Waals surface area contributed by atoms with Crippen LogP contribution in [-0.2, 0) is 18.4 Å². The molecule has 1 aromatic carbocycles. The van der Waals surface area contributed by atoms with Crippen LogP contribution in [0.4, 0.5) is 0 Å². The van der Waals surface area contributed by atoms with E-state index in [0.717, 1.165) is 56.0 Å². The minimum atomic E-state index is -0.0108. The lowest BCUT2D eigenvalue weighted by molar-refractivity contribution is -0.910. The van der Waals surface area contributed by atoms with Gasteiger partial charge in [0.25, 0.3) is 5.56 Å². The van der Waals surface area contributed by atoms with Crippen molar-refractivity contribution in [3.63, 3.8) is 0 Å². The maximum atomic E-state index is 13.2. The van der Waals surface area contributed by atoms with Gasteiger partial charge in [-0.15, -0.1) is 0 Å². The van der Waals surface area contributed by atoms with Crippen molar-refractivity contribution in [1.29, 1.82) is 0 Å². The molecule has 26 heavy (non-hydrogen) atoms. The molecule has 1 fully saturated rings. The second kappa shape index (κ2) is 6.99. The van der Waals surface area contributed by atoms with Gasteiger partial charge >= 0.3 is 0 Å². The predicted octanol–water partition coefficient (Wildman–Crippen LogP) is 2.62. The summed E-state index contributed by atoms with van der Waals surface area (Å²) in [6, 6.07) is 8.56. The summed E-state index contributed by atoms with van der Waals surface area (Å²) in [6.07, 6.45) is 6.92. The van der Waals surface area contributed by atoms with Crippen molar-refractivity contribution in [2.24, 2.45) is 0 Å². The Kier molecular flexibility index (Phi) is 4.70. The first-order valence-electron chi connectivity index (χ1n) is 10.2. The number of aromatic nitrogens is 2. The first-order valence-corrected chi connectivity index (χ1v) is 10.2. The fourth-order valence-corrected chi connectivity index (χ4v) is 5.04. The molecule has 0 amide bonds. The number of hydrogen-bond donors (Lipinski definition) is 2. The van der Waals surface area contributed by atoms with E-state index >= 15 is 0 Å². The van der Waals surface area contributed by atoms with Gasteiger partial charge < -0.3 is 9.88 Å². The van der Waals surface area contributed by atoms with Gasteiger partial charge in [0.2, 0.25) is 0 Å². The summed E-state index contributed by atoms with van der Waals surface area (Å²) in [7, 11) is 0. The zero-order valence-corrected chi connectivity index (χ0v) is 16.0. The predicted molar refractivity (Wildman–Crippen MR) is 105 cm³/mol. The van der Waals surface area contributed by atoms with E-state index in [9.17, 15) is 4.79 Å². The quantitative estimate of drug-likeness (QED) is 0.889. The van der Waals surface area contributed by atoms with Crippen molar-refractivity contribution in [2.45, 2.75) is 64.3 Å². The van der Waals surface area contributed by atoms with Crippen LogP contribution in [-0.4, -0.2) is 23.1 Å². The largest absolute Gasteiger partial charge is 0.329 e. The van der Waals surface area contributed by atoms with Crippen LogP contribution < -0.4 is 10.5 Å². The first-order chi connectivity index (χ1) is 12.7. The molecule has 1 saturated carbocycles. The van der Waals surface area contributed by atoms with Gasteiger partial charge in [0.1, 0.15) is 6.54 Å². The van der Waals surface area contributed by atoms with Crippen LogP contribution >= 0.6 is 0 Å². The van der Waals surface area contributed by atoms with Gasteiger partial charge in [0, 0.05) is 11.0 Å². The Hall–Kier alpha value is -1.94. The zero-order valence-electron chi connectivity index (χ0n) is 16.0. The van der Waals surface area contributed by atoms with Crippen LogP contribution in [0.5, 0.6) is 0 Å². The number of hydrogen-bond acceptors (Lipinski definition) is 2. The highest BCUT2D eigenvalue weighted by Crippen LogP contribution is 2.48. The van der Waals surface area contributed by atoms with Crippen molar-refractivity contribution in [2.75, 3.05) is 13.1 Å². The zero-order chi connectivity index (χ0) is 18.1. The Labute approximate surface area is 155 Å². The third-order valence-corrected chi connectivity index (χ3v) is 6.53. The third-order valence-electron chi connectivity index (χ3n) is 6.53. The first kappa shape index (κ1) is 17.5. The molecule has 4 nitrogen and oxygen atoms in total. The molecule has 4 heteroatoms. The summed E-state index contributed by atoms with van der Waals surface area (Å²) in [5, 5.41) is 0. The molecular formula is C22H30N3O+. The van der Waals surface area contributed by atoms with Crippen molar-refractivity contribution < 1.29 is 4.90 Å². The van der Waals surface area contributed by atoms with Crippen molar-refractivity contribution in [3.8, 4) is 11.3 Å². The number of rotatable bonds is 4. The number of nitrogens with one attached hydrogen (secondary N) is 2. The average molecular weight is 353 g/mol. The van der Waals surface area contributed by atoms with Gasteiger partial charge in [-0.1, -0.05) is 43.5 Å². The second-order valence-corrected chi connectivity index (χ2v) is 8.05. The molecular weight excluding hydrogens is 322 g/mol. The molecule has 1 aromatic heterocycles. The monoisotopic (exact) mass is 352 g/mol.